The molecule has 3 aromatic rings. The van der Waals surface area contributed by atoms with Gasteiger partial charge in [-0.3, -0.25) is 9.62 Å². The molecule has 2 aromatic carbocycles. The highest BCUT2D eigenvalue weighted by Gasteiger charge is 2.39. The van der Waals surface area contributed by atoms with Crippen LogP contribution in [0.15, 0.2) is 71.0 Å². The Balaban J connectivity index is 2.01. The molecule has 0 saturated carbocycles. The van der Waals surface area contributed by atoms with E-state index in [2.05, 4.69) is 9.71 Å². The molecule has 0 fully saturated rings. The molecule has 0 bridgehead atoms. The summed E-state index contributed by atoms with van der Waals surface area (Å²) in [4.78, 5) is 17.0. The molecule has 4 N–H and O–H groups in total. The number of aliphatic hydroxyl groups excluding tert-OH is 1. The van der Waals surface area contributed by atoms with Gasteiger partial charge in [0.1, 0.15) is 5.75 Å². The number of phenolic OH excluding ortho intramolecular Hbond substituents is 1. The van der Waals surface area contributed by atoms with Crippen LogP contribution < -0.4 is 4.72 Å². The molecule has 44 heavy (non-hydrogen) atoms. The lowest BCUT2D eigenvalue weighted by Gasteiger charge is -2.42. The summed E-state index contributed by atoms with van der Waals surface area (Å²) in [6.07, 6.45) is -0.0619. The fraction of sp³-hybridized carbons (Fsp3) is 0.448. The number of aliphatic hydroxyl groups is 1. The molecule has 0 aliphatic rings. The van der Waals surface area contributed by atoms with Gasteiger partial charge in [0.05, 0.1) is 29.1 Å². The lowest BCUT2D eigenvalue weighted by molar-refractivity contribution is 0.000539. The number of hydrogen-bond donors (Lipinski definition) is 4. The first-order valence-corrected chi connectivity index (χ1v) is 16.8. The van der Waals surface area contributed by atoms with Gasteiger partial charge in [0, 0.05) is 31.9 Å². The van der Waals surface area contributed by atoms with Crippen LogP contribution in [0.25, 0.3) is 0 Å². The molecule has 15 heteroatoms. The van der Waals surface area contributed by atoms with Gasteiger partial charge in [-0.15, -0.1) is 0 Å². The van der Waals surface area contributed by atoms with Gasteiger partial charge >= 0.3 is 6.09 Å². The monoisotopic (exact) mass is 651 g/mol. The van der Waals surface area contributed by atoms with E-state index < -0.39 is 56.1 Å². The second kappa shape index (κ2) is 13.5. The van der Waals surface area contributed by atoms with Crippen molar-refractivity contribution >= 4 is 31.8 Å². The first kappa shape index (κ1) is 34.8. The number of aryl methyl sites for hydroxylation is 1. The zero-order valence-corrected chi connectivity index (χ0v) is 27.2. The van der Waals surface area contributed by atoms with E-state index in [0.29, 0.717) is 0 Å². The number of imidazole rings is 1. The maximum atomic E-state index is 14.0. The molecule has 1 heterocycles. The number of hydrogen-bond acceptors (Lipinski definition) is 8. The van der Waals surface area contributed by atoms with Crippen molar-refractivity contribution < 1.29 is 36.9 Å². The Labute approximate surface area is 258 Å². The minimum Gasteiger partial charge on any atom is -0.506 e. The van der Waals surface area contributed by atoms with Gasteiger partial charge in [-0.05, 0) is 56.9 Å². The number of carbonyl (C=O) groups is 1. The lowest BCUT2D eigenvalue weighted by Crippen LogP contribution is -2.58. The topological polar surface area (TPSA) is 182 Å². The zero-order chi connectivity index (χ0) is 33.0. The van der Waals surface area contributed by atoms with Crippen molar-refractivity contribution in [3.05, 3.63) is 66.6 Å². The lowest BCUT2D eigenvalue weighted by atomic mass is 9.94. The molecular weight excluding hydrogens is 610 g/mol. The van der Waals surface area contributed by atoms with E-state index in [1.165, 1.54) is 17.1 Å². The third-order valence-corrected chi connectivity index (χ3v) is 9.84. The average molecular weight is 652 g/mol. The van der Waals surface area contributed by atoms with E-state index >= 15 is 0 Å². The second-order valence-electron chi connectivity index (χ2n) is 12.0. The summed E-state index contributed by atoms with van der Waals surface area (Å²) in [6.45, 7) is 8.18. The first-order valence-electron chi connectivity index (χ1n) is 13.9. The van der Waals surface area contributed by atoms with Crippen LogP contribution in [-0.2, 0) is 33.5 Å². The van der Waals surface area contributed by atoms with Gasteiger partial charge in [0.2, 0.25) is 10.0 Å². The third kappa shape index (κ3) is 8.49. The third-order valence-electron chi connectivity index (χ3n) is 6.76. The van der Waals surface area contributed by atoms with Crippen LogP contribution >= 0.6 is 0 Å². The summed E-state index contributed by atoms with van der Waals surface area (Å²) in [5.41, 5.74) is -0.549. The molecule has 0 saturated heterocycles. The van der Waals surface area contributed by atoms with Gasteiger partial charge in [-0.1, -0.05) is 44.2 Å². The Bertz CT molecular complexity index is 1650. The number of amides is 1. The van der Waals surface area contributed by atoms with E-state index in [1.807, 2.05) is 6.07 Å². The van der Waals surface area contributed by atoms with Crippen molar-refractivity contribution in [2.24, 2.45) is 13.0 Å². The molecule has 0 radical (unpaired) electrons. The highest BCUT2D eigenvalue weighted by Crippen LogP contribution is 2.31. The molecule has 0 unspecified atom stereocenters. The van der Waals surface area contributed by atoms with E-state index in [0.717, 1.165) is 33.0 Å². The predicted molar refractivity (Wildman–Crippen MR) is 165 cm³/mol. The Hall–Kier alpha value is -3.66. The molecule has 242 valence electrons. The number of nitrogens with one attached hydrogen (secondary N) is 1. The van der Waals surface area contributed by atoms with Gasteiger partial charge in [0.15, 0.2) is 5.03 Å². The van der Waals surface area contributed by atoms with E-state index in [9.17, 15) is 36.9 Å². The Kier molecular flexibility index (Phi) is 10.7. The number of aromatic hydroxyl groups is 1. The standard InChI is InChI=1S/C29H41N5O8S2/c1-20(2)16-33(17-26(36)24(14-21-10-8-7-9-11-21)34(28(37)38)29(3,4)5)44(41,42)22-12-13-25(35)23(15-22)31-43(39,40)27-18-32(6)19-30-27/h7-13,15,18-20,24,26,31,35-36H,14,16-17H2,1-6H3,(H,37,38)/t24-,26+/m0/s1. The largest absolute Gasteiger partial charge is 0.506 e. The van der Waals surface area contributed by atoms with Crippen LogP contribution in [0.5, 0.6) is 5.75 Å². The number of sulfonamides is 2. The minimum atomic E-state index is -4.39. The highest BCUT2D eigenvalue weighted by molar-refractivity contribution is 7.92. The number of anilines is 1. The Morgan fingerprint density at radius 3 is 2.20 bits per heavy atom. The van der Waals surface area contributed by atoms with E-state index in [4.69, 9.17) is 0 Å². The normalized spacial score (nSPS) is 14.0. The smallest absolute Gasteiger partial charge is 0.408 e. The van der Waals surface area contributed by atoms with E-state index in [1.54, 1.807) is 65.9 Å². The van der Waals surface area contributed by atoms with Crippen LogP contribution in [0.1, 0.15) is 40.2 Å². The molecule has 2 atom stereocenters. The summed E-state index contributed by atoms with van der Waals surface area (Å²) in [5.74, 6) is -0.703. The average Bonchev–Trinajstić information content (AvgIpc) is 3.35. The molecule has 0 spiro atoms. The van der Waals surface area contributed by atoms with Crippen molar-refractivity contribution in [2.45, 2.75) is 68.6 Å². The Morgan fingerprint density at radius 1 is 1.05 bits per heavy atom. The van der Waals surface area contributed by atoms with Crippen molar-refractivity contribution in [3.8, 4) is 5.75 Å². The summed E-state index contributed by atoms with van der Waals surface area (Å²) in [7, 11) is -7.07. The fourth-order valence-electron chi connectivity index (χ4n) is 4.82. The van der Waals surface area contributed by atoms with Crippen molar-refractivity contribution in [1.29, 1.82) is 0 Å². The number of carboxylic acid groups (broad SMARTS) is 1. The number of rotatable bonds is 13. The number of aromatic nitrogens is 2. The van der Waals surface area contributed by atoms with E-state index in [-0.39, 0.29) is 34.5 Å². The molecule has 1 amide bonds. The molecule has 0 aliphatic heterocycles. The number of phenols is 1. The molecule has 3 rings (SSSR count). The van der Waals surface area contributed by atoms with Crippen LogP contribution in [0.4, 0.5) is 10.5 Å². The van der Waals surface area contributed by atoms with Gasteiger partial charge in [-0.2, -0.15) is 12.7 Å². The van der Waals surface area contributed by atoms with Crippen molar-refractivity contribution in [1.82, 2.24) is 18.8 Å². The van der Waals surface area contributed by atoms with Crippen LogP contribution in [-0.4, -0.2) is 87.8 Å². The zero-order valence-electron chi connectivity index (χ0n) is 25.6. The van der Waals surface area contributed by atoms with Crippen molar-refractivity contribution in [2.75, 3.05) is 17.8 Å². The minimum absolute atomic E-state index is 0.0318. The SMILES string of the molecule is CC(C)CN(C[C@@H](O)[C@H](Cc1ccccc1)N(C(=O)O)C(C)(C)C)S(=O)(=O)c1ccc(O)c(NS(=O)(=O)c2cn(C)cn2)c1. The summed E-state index contributed by atoms with van der Waals surface area (Å²) in [6, 6.07) is 11.2. The quantitative estimate of drug-likeness (QED) is 0.202. The summed E-state index contributed by atoms with van der Waals surface area (Å²) in [5, 5.41) is 31.8. The van der Waals surface area contributed by atoms with Crippen LogP contribution in [0.3, 0.4) is 0 Å². The molecule has 13 nitrogen and oxygen atoms in total. The van der Waals surface area contributed by atoms with Crippen LogP contribution in [0.2, 0.25) is 0 Å². The van der Waals surface area contributed by atoms with Crippen molar-refractivity contribution in [3.63, 3.8) is 0 Å². The predicted octanol–water partition coefficient (Wildman–Crippen LogP) is 3.32. The Morgan fingerprint density at radius 2 is 1.68 bits per heavy atom. The number of nitrogens with zero attached hydrogens (tertiary/aromatic N) is 4. The molecular formula is C29H41N5O8S2. The molecule has 0 aliphatic carbocycles. The molecule has 1 aromatic heterocycles. The van der Waals surface area contributed by atoms with Gasteiger partial charge in [0.25, 0.3) is 10.0 Å². The van der Waals surface area contributed by atoms with Crippen LogP contribution in [0, 0.1) is 5.92 Å². The summed E-state index contributed by atoms with van der Waals surface area (Å²) >= 11 is 0. The number of benzene rings is 2. The second-order valence-corrected chi connectivity index (χ2v) is 15.6. The van der Waals surface area contributed by atoms with Gasteiger partial charge < -0.3 is 19.9 Å². The fourth-order valence-corrected chi connectivity index (χ4v) is 7.52. The highest BCUT2D eigenvalue weighted by atomic mass is 32.2. The first-order chi connectivity index (χ1) is 20.3. The van der Waals surface area contributed by atoms with Gasteiger partial charge in [-0.25, -0.2) is 18.2 Å². The maximum absolute atomic E-state index is 14.0. The summed E-state index contributed by atoms with van der Waals surface area (Å²) < 4.78 is 58.3. The maximum Gasteiger partial charge on any atom is 0.408 e.